The van der Waals surface area contributed by atoms with E-state index in [1.807, 2.05) is 19.1 Å². The van der Waals surface area contributed by atoms with Crippen LogP contribution >= 0.6 is 24.8 Å². The van der Waals surface area contributed by atoms with Crippen LogP contribution in [0.5, 0.6) is 0 Å². The molecule has 1 aromatic rings. The highest BCUT2D eigenvalue weighted by Gasteiger charge is 2.21. The zero-order chi connectivity index (χ0) is 11.5. The van der Waals surface area contributed by atoms with Crippen LogP contribution in [0.25, 0.3) is 0 Å². The molecule has 18 heavy (non-hydrogen) atoms. The van der Waals surface area contributed by atoms with Gasteiger partial charge in [0.1, 0.15) is 11.9 Å². The van der Waals surface area contributed by atoms with Crippen LogP contribution in [0.3, 0.4) is 0 Å². The van der Waals surface area contributed by atoms with Crippen molar-refractivity contribution in [3.8, 4) is 0 Å². The van der Waals surface area contributed by atoms with E-state index >= 15 is 0 Å². The van der Waals surface area contributed by atoms with Crippen LogP contribution in [0.4, 0.5) is 0 Å². The molecule has 2 heterocycles. The number of halogens is 2. The zero-order valence-electron chi connectivity index (χ0n) is 10.3. The molecule has 0 fully saturated rings. The normalized spacial score (nSPS) is 16.9. The van der Waals surface area contributed by atoms with E-state index < -0.39 is 0 Å². The predicted molar refractivity (Wildman–Crippen MR) is 75.2 cm³/mol. The zero-order valence-corrected chi connectivity index (χ0v) is 12.0. The van der Waals surface area contributed by atoms with Crippen LogP contribution in [0.2, 0.25) is 0 Å². The van der Waals surface area contributed by atoms with Gasteiger partial charge in [0, 0.05) is 25.5 Å². The number of likely N-dealkylation sites (N-methyl/N-ethyl adjacent to an activating group) is 1. The van der Waals surface area contributed by atoms with Gasteiger partial charge in [-0.05, 0) is 6.92 Å². The van der Waals surface area contributed by atoms with Crippen molar-refractivity contribution in [3.63, 3.8) is 0 Å². The molecule has 5 nitrogen and oxygen atoms in total. The average molecular weight is 293 g/mol. The molecule has 2 rings (SSSR count). The molecule has 7 heteroatoms. The molecular formula is C11H18Cl2N4O. The maximum Gasteiger partial charge on any atom is 0.243 e. The fraction of sp³-hybridized carbons (Fsp3) is 0.455. The van der Waals surface area contributed by atoms with E-state index in [0.29, 0.717) is 6.54 Å². The Hall–Kier alpha value is -1.04. The lowest BCUT2D eigenvalue weighted by Gasteiger charge is -2.19. The van der Waals surface area contributed by atoms with E-state index in [-0.39, 0.29) is 36.8 Å². The molecule has 1 aliphatic rings. The monoisotopic (exact) mass is 292 g/mol. The van der Waals surface area contributed by atoms with E-state index in [4.69, 9.17) is 0 Å². The third-order valence-corrected chi connectivity index (χ3v) is 2.57. The van der Waals surface area contributed by atoms with Crippen molar-refractivity contribution < 1.29 is 4.79 Å². The Labute approximate surface area is 119 Å². The summed E-state index contributed by atoms with van der Waals surface area (Å²) in [7, 11) is 1.79. The molecule has 0 aromatic carbocycles. The first-order valence-corrected chi connectivity index (χ1v) is 5.32. The molecule has 1 aromatic heterocycles. The topological polar surface area (TPSA) is 61.0 Å². The van der Waals surface area contributed by atoms with Crippen LogP contribution in [0, 0.1) is 6.92 Å². The second-order valence-corrected chi connectivity index (χ2v) is 4.02. The number of amides is 1. The van der Waals surface area contributed by atoms with E-state index in [2.05, 4.69) is 15.3 Å². The number of nitrogens with one attached hydrogen (secondary N) is 2. The molecule has 102 valence electrons. The van der Waals surface area contributed by atoms with Crippen LogP contribution in [-0.4, -0.2) is 40.4 Å². The Morgan fingerprint density at radius 1 is 1.56 bits per heavy atom. The summed E-state index contributed by atoms with van der Waals surface area (Å²) < 4.78 is 0. The minimum atomic E-state index is -0.180. The van der Waals surface area contributed by atoms with Crippen LogP contribution in [0.1, 0.15) is 11.5 Å². The van der Waals surface area contributed by atoms with E-state index in [1.165, 1.54) is 0 Å². The van der Waals surface area contributed by atoms with Gasteiger partial charge in [-0.1, -0.05) is 12.2 Å². The maximum atomic E-state index is 11.9. The lowest BCUT2D eigenvalue weighted by atomic mass is 10.3. The third kappa shape index (κ3) is 4.01. The molecule has 1 unspecified atom stereocenters. The maximum absolute atomic E-state index is 11.9. The van der Waals surface area contributed by atoms with E-state index in [1.54, 1.807) is 18.1 Å². The highest BCUT2D eigenvalue weighted by atomic mass is 35.5. The summed E-state index contributed by atoms with van der Waals surface area (Å²) in [4.78, 5) is 20.9. The largest absolute Gasteiger partial charge is 0.345 e. The minimum absolute atomic E-state index is 0. The number of carbonyl (C=O) groups is 1. The molecular weight excluding hydrogens is 275 g/mol. The molecule has 2 N–H and O–H groups in total. The van der Waals surface area contributed by atoms with Crippen molar-refractivity contribution in [1.82, 2.24) is 20.2 Å². The number of aryl methyl sites for hydroxylation is 1. The Morgan fingerprint density at radius 3 is 2.78 bits per heavy atom. The van der Waals surface area contributed by atoms with Gasteiger partial charge in [0.15, 0.2) is 0 Å². The van der Waals surface area contributed by atoms with Crippen LogP contribution in [-0.2, 0) is 11.3 Å². The SMILES string of the molecule is Cc1cnc(CN(C)C(=O)C2C=CCN2)[nH]1.Cl.Cl. The van der Waals surface area contributed by atoms with Gasteiger partial charge >= 0.3 is 0 Å². The van der Waals surface area contributed by atoms with Crippen LogP contribution < -0.4 is 5.32 Å². The lowest BCUT2D eigenvalue weighted by molar-refractivity contribution is -0.131. The number of H-pyrrole nitrogens is 1. The van der Waals surface area contributed by atoms with Gasteiger partial charge in [-0.2, -0.15) is 0 Å². The molecule has 1 amide bonds. The van der Waals surface area contributed by atoms with E-state index in [0.717, 1.165) is 18.1 Å². The van der Waals surface area contributed by atoms with Crippen molar-refractivity contribution in [1.29, 1.82) is 0 Å². The number of aromatic nitrogens is 2. The summed E-state index contributed by atoms with van der Waals surface area (Å²) in [6.07, 6.45) is 5.63. The van der Waals surface area contributed by atoms with Gasteiger partial charge in [-0.25, -0.2) is 4.98 Å². The fourth-order valence-corrected chi connectivity index (χ4v) is 1.72. The molecule has 0 spiro atoms. The van der Waals surface area contributed by atoms with Crippen molar-refractivity contribution in [2.24, 2.45) is 0 Å². The minimum Gasteiger partial charge on any atom is -0.345 e. The summed E-state index contributed by atoms with van der Waals surface area (Å²) in [5.41, 5.74) is 1.01. The smallest absolute Gasteiger partial charge is 0.243 e. The Kier molecular flexibility index (Phi) is 6.98. The number of imidazole rings is 1. The Morgan fingerprint density at radius 2 is 2.28 bits per heavy atom. The number of rotatable bonds is 3. The lowest BCUT2D eigenvalue weighted by Crippen LogP contribution is -2.41. The van der Waals surface area contributed by atoms with Gasteiger partial charge in [0.2, 0.25) is 5.91 Å². The van der Waals surface area contributed by atoms with E-state index in [9.17, 15) is 4.79 Å². The van der Waals surface area contributed by atoms with Crippen LogP contribution in [0.15, 0.2) is 18.3 Å². The summed E-state index contributed by atoms with van der Waals surface area (Å²) in [6.45, 7) is 3.22. The number of hydrogen-bond donors (Lipinski definition) is 2. The highest BCUT2D eigenvalue weighted by molar-refractivity contribution is 5.85. The van der Waals surface area contributed by atoms with Crippen molar-refractivity contribution >= 4 is 30.7 Å². The summed E-state index contributed by atoms with van der Waals surface area (Å²) in [5.74, 6) is 0.887. The summed E-state index contributed by atoms with van der Waals surface area (Å²) in [5, 5.41) is 3.10. The molecule has 0 bridgehead atoms. The second-order valence-electron chi connectivity index (χ2n) is 4.02. The molecule has 0 aliphatic carbocycles. The quantitative estimate of drug-likeness (QED) is 0.819. The average Bonchev–Trinajstić information content (AvgIpc) is 2.88. The Balaban J connectivity index is 0.00000144. The standard InChI is InChI=1S/C11H16N4O.2ClH/c1-8-6-13-10(14-8)7-15(2)11(16)9-4-3-5-12-9;;/h3-4,6,9,12H,5,7H2,1-2H3,(H,13,14);2*1H. The van der Waals surface area contributed by atoms with Gasteiger partial charge in [-0.15, -0.1) is 24.8 Å². The molecule has 0 radical (unpaired) electrons. The first-order chi connectivity index (χ1) is 7.66. The van der Waals surface area contributed by atoms with Gasteiger partial charge in [0.25, 0.3) is 0 Å². The number of nitrogens with zero attached hydrogens (tertiary/aromatic N) is 2. The number of hydrogen-bond acceptors (Lipinski definition) is 3. The predicted octanol–water partition coefficient (Wildman–Crippen LogP) is 1.05. The van der Waals surface area contributed by atoms with Crippen molar-refractivity contribution in [2.75, 3.05) is 13.6 Å². The fourth-order valence-electron chi connectivity index (χ4n) is 1.72. The number of aromatic amines is 1. The molecule has 1 aliphatic heterocycles. The van der Waals surface area contributed by atoms with Gasteiger partial charge in [0.05, 0.1) is 6.54 Å². The summed E-state index contributed by atoms with van der Waals surface area (Å²) >= 11 is 0. The first kappa shape index (κ1) is 17.0. The molecule has 0 saturated heterocycles. The second kappa shape index (κ2) is 7.41. The molecule has 0 saturated carbocycles. The third-order valence-electron chi connectivity index (χ3n) is 2.57. The van der Waals surface area contributed by atoms with Crippen molar-refractivity contribution in [3.05, 3.63) is 29.9 Å². The summed E-state index contributed by atoms with van der Waals surface area (Å²) in [6, 6.07) is -0.180. The Bertz CT molecular complexity index is 419. The van der Waals surface area contributed by atoms with Gasteiger partial charge < -0.3 is 9.88 Å². The number of carbonyl (C=O) groups excluding carboxylic acids is 1. The van der Waals surface area contributed by atoms with Gasteiger partial charge in [-0.3, -0.25) is 10.1 Å². The molecule has 1 atom stereocenters. The first-order valence-electron chi connectivity index (χ1n) is 5.32. The van der Waals surface area contributed by atoms with Crippen molar-refractivity contribution in [2.45, 2.75) is 19.5 Å². The highest BCUT2D eigenvalue weighted by Crippen LogP contribution is 2.04.